The lowest BCUT2D eigenvalue weighted by atomic mass is 10.1. The number of likely N-dealkylation sites (N-methyl/N-ethyl adjacent to an activating group) is 1. The first-order valence-corrected chi connectivity index (χ1v) is 8.62. The summed E-state index contributed by atoms with van der Waals surface area (Å²) in [6.07, 6.45) is 0. The molecule has 1 amide bonds. The van der Waals surface area contributed by atoms with Gasteiger partial charge in [-0.2, -0.15) is 0 Å². The summed E-state index contributed by atoms with van der Waals surface area (Å²) in [7, 11) is 4.96. The number of nitrogens with zero attached hydrogens (tertiary/aromatic N) is 3. The molecule has 0 radical (unpaired) electrons. The van der Waals surface area contributed by atoms with Crippen LogP contribution in [0.25, 0.3) is 0 Å². The molecule has 0 saturated heterocycles. The van der Waals surface area contributed by atoms with E-state index in [2.05, 4.69) is 0 Å². The lowest BCUT2D eigenvalue weighted by molar-refractivity contribution is -0.384. The molecule has 28 heavy (non-hydrogen) atoms. The Morgan fingerprint density at radius 3 is 2.39 bits per heavy atom. The van der Waals surface area contributed by atoms with Crippen LogP contribution in [0.3, 0.4) is 0 Å². The second-order valence-corrected chi connectivity index (χ2v) is 6.61. The van der Waals surface area contributed by atoms with Gasteiger partial charge in [-0.1, -0.05) is 24.3 Å². The Labute approximate surface area is 163 Å². The van der Waals surface area contributed by atoms with Crippen LogP contribution < -0.4 is 4.90 Å². The molecular formula is C20H23N3O5. The molecular weight excluding hydrogens is 362 g/mol. The van der Waals surface area contributed by atoms with E-state index in [0.29, 0.717) is 12.2 Å². The highest BCUT2D eigenvalue weighted by molar-refractivity contribution is 5.93. The van der Waals surface area contributed by atoms with Crippen LogP contribution in [0, 0.1) is 17.0 Å². The molecule has 8 nitrogen and oxygen atoms in total. The zero-order valence-corrected chi connectivity index (χ0v) is 16.3. The second kappa shape index (κ2) is 8.98. The average molecular weight is 385 g/mol. The maximum Gasteiger partial charge on any atom is 0.338 e. The summed E-state index contributed by atoms with van der Waals surface area (Å²) in [4.78, 5) is 38.2. The summed E-state index contributed by atoms with van der Waals surface area (Å²) in [6, 6.07) is 11.8. The van der Waals surface area contributed by atoms with Gasteiger partial charge in [0, 0.05) is 33.8 Å². The maximum atomic E-state index is 12.2. The van der Waals surface area contributed by atoms with E-state index < -0.39 is 17.5 Å². The van der Waals surface area contributed by atoms with Crippen LogP contribution >= 0.6 is 0 Å². The van der Waals surface area contributed by atoms with Crippen LogP contribution in [0.5, 0.6) is 0 Å². The molecule has 0 aliphatic heterocycles. The molecule has 8 heteroatoms. The second-order valence-electron chi connectivity index (χ2n) is 6.61. The minimum absolute atomic E-state index is 0.0201. The van der Waals surface area contributed by atoms with Crippen molar-refractivity contribution in [2.45, 2.75) is 13.5 Å². The molecule has 2 rings (SSSR count). The number of hydrogen-bond acceptors (Lipinski definition) is 6. The van der Waals surface area contributed by atoms with E-state index in [-0.39, 0.29) is 17.2 Å². The van der Waals surface area contributed by atoms with Gasteiger partial charge in [0.2, 0.25) is 0 Å². The monoisotopic (exact) mass is 385 g/mol. The summed E-state index contributed by atoms with van der Waals surface area (Å²) in [5.74, 6) is -1.15. The summed E-state index contributed by atoms with van der Waals surface area (Å²) < 4.78 is 5.05. The number of esters is 1. The fourth-order valence-corrected chi connectivity index (χ4v) is 2.63. The number of ether oxygens (including phenoxy) is 1. The normalized spacial score (nSPS) is 10.3. The Hall–Kier alpha value is -3.42. The molecule has 0 saturated carbocycles. The van der Waals surface area contributed by atoms with Gasteiger partial charge < -0.3 is 14.5 Å². The number of aryl methyl sites for hydroxylation is 1. The van der Waals surface area contributed by atoms with E-state index in [9.17, 15) is 19.7 Å². The Bertz CT molecular complexity index is 895. The van der Waals surface area contributed by atoms with Crippen LogP contribution in [-0.2, 0) is 16.1 Å². The lowest BCUT2D eigenvalue weighted by Gasteiger charge is -2.18. The quantitative estimate of drug-likeness (QED) is 0.413. The van der Waals surface area contributed by atoms with E-state index in [1.807, 2.05) is 31.2 Å². The summed E-state index contributed by atoms with van der Waals surface area (Å²) in [6.45, 7) is 1.91. The van der Waals surface area contributed by atoms with Crippen molar-refractivity contribution in [1.82, 2.24) is 4.90 Å². The lowest BCUT2D eigenvalue weighted by Crippen LogP contribution is -2.31. The first kappa shape index (κ1) is 20.9. The molecule has 2 aromatic rings. The SMILES string of the molecule is Cc1ccccc1CN(C)C(=O)COC(=O)c1ccc(N(C)C)c([N+](=O)[O-])c1. The van der Waals surface area contributed by atoms with Gasteiger partial charge in [0.1, 0.15) is 5.69 Å². The van der Waals surface area contributed by atoms with Crippen molar-refractivity contribution in [1.29, 1.82) is 0 Å². The van der Waals surface area contributed by atoms with Crippen molar-refractivity contribution >= 4 is 23.3 Å². The predicted molar refractivity (Wildman–Crippen MR) is 105 cm³/mol. The fraction of sp³-hybridized carbons (Fsp3) is 0.300. The highest BCUT2D eigenvalue weighted by atomic mass is 16.6. The minimum Gasteiger partial charge on any atom is -0.452 e. The van der Waals surface area contributed by atoms with Crippen LogP contribution in [0.15, 0.2) is 42.5 Å². The molecule has 148 valence electrons. The highest BCUT2D eigenvalue weighted by Crippen LogP contribution is 2.27. The summed E-state index contributed by atoms with van der Waals surface area (Å²) >= 11 is 0. The van der Waals surface area contributed by atoms with Crippen LogP contribution in [0.2, 0.25) is 0 Å². The van der Waals surface area contributed by atoms with Gasteiger partial charge in [-0.05, 0) is 30.2 Å². The summed E-state index contributed by atoms with van der Waals surface area (Å²) in [5, 5.41) is 11.2. The molecule has 0 fully saturated rings. The van der Waals surface area contributed by atoms with Gasteiger partial charge in [-0.15, -0.1) is 0 Å². The highest BCUT2D eigenvalue weighted by Gasteiger charge is 2.20. The molecule has 0 spiro atoms. The van der Waals surface area contributed by atoms with E-state index in [1.54, 1.807) is 26.0 Å². The van der Waals surface area contributed by atoms with Gasteiger partial charge in [0.15, 0.2) is 6.61 Å². The van der Waals surface area contributed by atoms with E-state index in [0.717, 1.165) is 17.2 Å². The Morgan fingerprint density at radius 2 is 1.79 bits per heavy atom. The van der Waals surface area contributed by atoms with Crippen LogP contribution in [0.1, 0.15) is 21.5 Å². The van der Waals surface area contributed by atoms with Gasteiger partial charge in [-0.3, -0.25) is 14.9 Å². The Morgan fingerprint density at radius 1 is 1.11 bits per heavy atom. The molecule has 0 atom stereocenters. The Balaban J connectivity index is 2.01. The Kier molecular flexibility index (Phi) is 6.70. The first-order chi connectivity index (χ1) is 13.2. The van der Waals surface area contributed by atoms with E-state index in [1.165, 1.54) is 17.0 Å². The topological polar surface area (TPSA) is 93.0 Å². The van der Waals surface area contributed by atoms with Crippen molar-refractivity contribution in [3.8, 4) is 0 Å². The van der Waals surface area contributed by atoms with Crippen molar-refractivity contribution in [3.05, 3.63) is 69.3 Å². The van der Waals surface area contributed by atoms with Crippen molar-refractivity contribution in [3.63, 3.8) is 0 Å². The number of nitro groups is 1. The van der Waals surface area contributed by atoms with Gasteiger partial charge in [0.05, 0.1) is 10.5 Å². The fourth-order valence-electron chi connectivity index (χ4n) is 2.63. The predicted octanol–water partition coefficient (Wildman–Crippen LogP) is 2.78. The molecule has 0 unspecified atom stereocenters. The number of hydrogen-bond donors (Lipinski definition) is 0. The van der Waals surface area contributed by atoms with Crippen LogP contribution in [0.4, 0.5) is 11.4 Å². The van der Waals surface area contributed by atoms with Crippen molar-refractivity contribution < 1.29 is 19.2 Å². The molecule has 0 aliphatic carbocycles. The number of benzene rings is 2. The number of rotatable bonds is 7. The third kappa shape index (κ3) is 5.06. The zero-order chi connectivity index (χ0) is 20.8. The number of amides is 1. The van der Waals surface area contributed by atoms with E-state index in [4.69, 9.17) is 4.74 Å². The maximum absolute atomic E-state index is 12.2. The molecule has 0 aromatic heterocycles. The first-order valence-electron chi connectivity index (χ1n) is 8.62. The minimum atomic E-state index is -0.786. The van der Waals surface area contributed by atoms with Gasteiger partial charge >= 0.3 is 5.97 Å². The molecule has 0 heterocycles. The van der Waals surface area contributed by atoms with Crippen LogP contribution in [-0.4, -0.2) is 49.4 Å². The zero-order valence-electron chi connectivity index (χ0n) is 16.3. The molecule has 0 N–H and O–H groups in total. The molecule has 0 bridgehead atoms. The number of carbonyl (C=O) groups excluding carboxylic acids is 2. The van der Waals surface area contributed by atoms with Crippen molar-refractivity contribution in [2.24, 2.45) is 0 Å². The van der Waals surface area contributed by atoms with E-state index >= 15 is 0 Å². The average Bonchev–Trinajstić information content (AvgIpc) is 2.66. The molecule has 0 aliphatic rings. The number of nitro benzene ring substituents is 1. The molecule has 2 aromatic carbocycles. The number of anilines is 1. The smallest absolute Gasteiger partial charge is 0.338 e. The van der Waals surface area contributed by atoms with Gasteiger partial charge in [-0.25, -0.2) is 4.79 Å². The third-order valence-electron chi connectivity index (χ3n) is 4.31. The third-order valence-corrected chi connectivity index (χ3v) is 4.31. The van der Waals surface area contributed by atoms with Crippen molar-refractivity contribution in [2.75, 3.05) is 32.6 Å². The summed E-state index contributed by atoms with van der Waals surface area (Å²) in [5.41, 5.74) is 2.25. The standard InChI is InChI=1S/C20H23N3O5/c1-14-7-5-6-8-16(14)12-22(4)19(24)13-28-20(25)15-9-10-17(21(2)3)18(11-15)23(26)27/h5-11H,12-13H2,1-4H3. The number of carbonyl (C=O) groups is 2. The largest absolute Gasteiger partial charge is 0.452 e. The van der Waals surface area contributed by atoms with Gasteiger partial charge in [0.25, 0.3) is 11.6 Å².